The molecule has 130 valence electrons. The second-order valence-corrected chi connectivity index (χ2v) is 7.40. The number of rotatable bonds is 4. The highest BCUT2D eigenvalue weighted by molar-refractivity contribution is 5.92. The largest absolute Gasteiger partial charge is 0.497 e. The van der Waals surface area contributed by atoms with Crippen LogP contribution in [0.25, 0.3) is 0 Å². The summed E-state index contributed by atoms with van der Waals surface area (Å²) in [5.41, 5.74) is 0.679. The maximum absolute atomic E-state index is 12.5. The molecule has 3 unspecified atom stereocenters. The van der Waals surface area contributed by atoms with Crippen molar-refractivity contribution in [3.05, 3.63) is 35.9 Å². The predicted octanol–water partition coefficient (Wildman–Crippen LogP) is 3.83. The zero-order chi connectivity index (χ0) is 17.2. The Kier molecular flexibility index (Phi) is 4.95. The van der Waals surface area contributed by atoms with Crippen molar-refractivity contribution in [1.29, 1.82) is 0 Å². The molecule has 1 aromatic rings. The number of allylic oxidation sites excluding steroid dienone is 1. The molecular weight excluding hydrogens is 302 g/mol. The lowest BCUT2D eigenvalue weighted by Crippen LogP contribution is -2.34. The smallest absolute Gasteiger partial charge is 0.227 e. The second kappa shape index (κ2) is 6.98. The summed E-state index contributed by atoms with van der Waals surface area (Å²) in [7, 11) is 1.60. The summed E-state index contributed by atoms with van der Waals surface area (Å²) in [4.78, 5) is 12.5. The Morgan fingerprint density at radius 1 is 1.38 bits per heavy atom. The summed E-state index contributed by atoms with van der Waals surface area (Å²) in [5.74, 6) is 1.85. The van der Waals surface area contributed by atoms with Crippen LogP contribution in [0.5, 0.6) is 5.75 Å². The van der Waals surface area contributed by atoms with E-state index in [1.54, 1.807) is 7.11 Å². The quantitative estimate of drug-likeness (QED) is 0.825. The highest BCUT2D eigenvalue weighted by Gasteiger charge is 2.35. The molecule has 24 heavy (non-hydrogen) atoms. The lowest BCUT2D eigenvalue weighted by atomic mass is 9.83. The standard InChI is InChI=1S/C20H27NO3/c1-14-5-8-17(24-2)11-18(14)21-19(22)13-20(23)9-3-4-15-6-7-16(10-15)12-20/h3,5,8-9,11,15-16,23H,4,6-7,10,12-13H2,1-2H3,(H,21,22)/b9-3+. The summed E-state index contributed by atoms with van der Waals surface area (Å²) >= 11 is 0. The lowest BCUT2D eigenvalue weighted by molar-refractivity contribution is -0.120. The molecule has 1 amide bonds. The first-order valence-corrected chi connectivity index (χ1v) is 8.82. The summed E-state index contributed by atoms with van der Waals surface area (Å²) in [6, 6.07) is 5.59. The fraction of sp³-hybridized carbons (Fsp3) is 0.550. The maximum Gasteiger partial charge on any atom is 0.227 e. The van der Waals surface area contributed by atoms with Gasteiger partial charge in [0, 0.05) is 11.8 Å². The van der Waals surface area contributed by atoms with Gasteiger partial charge in [-0.1, -0.05) is 24.6 Å². The van der Waals surface area contributed by atoms with Crippen LogP contribution in [0, 0.1) is 18.8 Å². The van der Waals surface area contributed by atoms with E-state index in [0.717, 1.165) is 23.6 Å². The molecule has 1 fully saturated rings. The SMILES string of the molecule is COc1ccc(C)c(NC(=O)CC2(O)/C=C/CC3CCC(C3)C2)c1. The van der Waals surface area contributed by atoms with Crippen LogP contribution >= 0.6 is 0 Å². The van der Waals surface area contributed by atoms with Crippen LogP contribution in [-0.2, 0) is 4.79 Å². The number of aryl methyl sites for hydroxylation is 1. The number of hydrogen-bond donors (Lipinski definition) is 2. The average molecular weight is 329 g/mol. The summed E-state index contributed by atoms with van der Waals surface area (Å²) < 4.78 is 5.21. The Hall–Kier alpha value is -1.81. The third-order valence-electron chi connectivity index (χ3n) is 5.37. The Labute approximate surface area is 143 Å². The maximum atomic E-state index is 12.5. The molecule has 0 heterocycles. The third-order valence-corrected chi connectivity index (χ3v) is 5.37. The summed E-state index contributed by atoms with van der Waals surface area (Å²) in [6.07, 6.45) is 9.34. The highest BCUT2D eigenvalue weighted by atomic mass is 16.5. The van der Waals surface area contributed by atoms with Gasteiger partial charge >= 0.3 is 0 Å². The molecule has 4 nitrogen and oxygen atoms in total. The lowest BCUT2D eigenvalue weighted by Gasteiger charge is -2.29. The Balaban J connectivity index is 1.68. The van der Waals surface area contributed by atoms with Gasteiger partial charge in [-0.05, 0) is 56.1 Å². The van der Waals surface area contributed by atoms with Crippen LogP contribution in [0.4, 0.5) is 5.69 Å². The van der Waals surface area contributed by atoms with Gasteiger partial charge in [0.2, 0.25) is 5.91 Å². The van der Waals surface area contributed by atoms with Crippen molar-refractivity contribution in [2.75, 3.05) is 12.4 Å². The van der Waals surface area contributed by atoms with Gasteiger partial charge in [-0.15, -0.1) is 0 Å². The number of anilines is 1. The molecular formula is C20H27NO3. The topological polar surface area (TPSA) is 58.6 Å². The monoisotopic (exact) mass is 329 g/mol. The molecule has 3 rings (SSSR count). The van der Waals surface area contributed by atoms with E-state index in [1.165, 1.54) is 19.3 Å². The Morgan fingerprint density at radius 3 is 2.96 bits per heavy atom. The van der Waals surface area contributed by atoms with Gasteiger partial charge in [0.15, 0.2) is 0 Å². The van der Waals surface area contributed by atoms with E-state index in [2.05, 4.69) is 11.4 Å². The normalized spacial score (nSPS) is 30.3. The van der Waals surface area contributed by atoms with Crippen LogP contribution in [-0.4, -0.2) is 23.7 Å². The van der Waals surface area contributed by atoms with Crippen molar-refractivity contribution in [1.82, 2.24) is 0 Å². The van der Waals surface area contributed by atoms with Crippen molar-refractivity contribution in [2.24, 2.45) is 11.8 Å². The van der Waals surface area contributed by atoms with E-state index in [4.69, 9.17) is 4.74 Å². The van der Waals surface area contributed by atoms with Gasteiger partial charge in [0.1, 0.15) is 5.75 Å². The van der Waals surface area contributed by atoms with E-state index in [-0.39, 0.29) is 12.3 Å². The molecule has 2 aliphatic rings. The van der Waals surface area contributed by atoms with E-state index in [9.17, 15) is 9.90 Å². The molecule has 2 bridgehead atoms. The summed E-state index contributed by atoms with van der Waals surface area (Å²) in [5, 5.41) is 13.9. The number of hydrogen-bond acceptors (Lipinski definition) is 3. The van der Waals surface area contributed by atoms with Gasteiger partial charge in [-0.25, -0.2) is 0 Å². The average Bonchev–Trinajstić information content (AvgIpc) is 2.96. The number of carbonyl (C=O) groups is 1. The number of ether oxygens (including phenoxy) is 1. The van der Waals surface area contributed by atoms with E-state index >= 15 is 0 Å². The first-order chi connectivity index (χ1) is 11.5. The molecule has 0 radical (unpaired) electrons. The Morgan fingerprint density at radius 2 is 2.17 bits per heavy atom. The van der Waals surface area contributed by atoms with E-state index in [0.29, 0.717) is 18.1 Å². The van der Waals surface area contributed by atoms with Gasteiger partial charge in [-0.3, -0.25) is 4.79 Å². The van der Waals surface area contributed by atoms with Gasteiger partial charge in [0.25, 0.3) is 0 Å². The van der Waals surface area contributed by atoms with Crippen molar-refractivity contribution in [3.8, 4) is 5.75 Å². The van der Waals surface area contributed by atoms with E-state index < -0.39 is 5.60 Å². The number of nitrogens with one attached hydrogen (secondary N) is 1. The minimum absolute atomic E-state index is 0.0985. The first kappa shape index (κ1) is 17.0. The van der Waals surface area contributed by atoms with Crippen LogP contribution in [0.3, 0.4) is 0 Å². The molecule has 0 aromatic heterocycles. The third kappa shape index (κ3) is 3.99. The number of fused-ring (bicyclic) bond motifs is 2. The molecule has 3 atom stereocenters. The van der Waals surface area contributed by atoms with Gasteiger partial charge < -0.3 is 15.2 Å². The fourth-order valence-corrected chi connectivity index (χ4v) is 4.09. The van der Waals surface area contributed by atoms with Crippen LogP contribution < -0.4 is 10.1 Å². The number of aliphatic hydroxyl groups is 1. The van der Waals surface area contributed by atoms with Crippen molar-refractivity contribution < 1.29 is 14.6 Å². The molecule has 0 saturated heterocycles. The van der Waals surface area contributed by atoms with Crippen molar-refractivity contribution in [3.63, 3.8) is 0 Å². The van der Waals surface area contributed by atoms with Crippen LogP contribution in [0.15, 0.2) is 30.4 Å². The van der Waals surface area contributed by atoms with E-state index in [1.807, 2.05) is 31.2 Å². The molecule has 0 aliphatic heterocycles. The van der Waals surface area contributed by atoms with Crippen LogP contribution in [0.1, 0.15) is 44.1 Å². The number of benzene rings is 1. The molecule has 2 aliphatic carbocycles. The first-order valence-electron chi connectivity index (χ1n) is 8.82. The minimum atomic E-state index is -1.03. The predicted molar refractivity (Wildman–Crippen MR) is 95.1 cm³/mol. The highest BCUT2D eigenvalue weighted by Crippen LogP contribution is 2.41. The molecule has 4 heteroatoms. The fourth-order valence-electron chi connectivity index (χ4n) is 4.09. The zero-order valence-electron chi connectivity index (χ0n) is 14.5. The minimum Gasteiger partial charge on any atom is -0.497 e. The number of amides is 1. The Bertz CT molecular complexity index is 640. The molecule has 1 aromatic carbocycles. The van der Waals surface area contributed by atoms with Crippen molar-refractivity contribution in [2.45, 2.75) is 51.0 Å². The zero-order valence-corrected chi connectivity index (χ0v) is 14.5. The van der Waals surface area contributed by atoms with Crippen LogP contribution in [0.2, 0.25) is 0 Å². The van der Waals surface area contributed by atoms with Crippen molar-refractivity contribution >= 4 is 11.6 Å². The summed E-state index contributed by atoms with van der Waals surface area (Å²) in [6.45, 7) is 1.94. The second-order valence-electron chi connectivity index (χ2n) is 7.40. The van der Waals surface area contributed by atoms with Gasteiger partial charge in [-0.2, -0.15) is 0 Å². The molecule has 2 N–H and O–H groups in total. The van der Waals surface area contributed by atoms with Gasteiger partial charge in [0.05, 0.1) is 19.1 Å². The number of methoxy groups -OCH3 is 1. The number of carbonyl (C=O) groups excluding carboxylic acids is 1. The molecule has 0 spiro atoms. The molecule has 1 saturated carbocycles.